The largest absolute Gasteiger partial charge is 0.289 e. The molecule has 98 valence electrons. The maximum atomic E-state index is 12.2. The predicted molar refractivity (Wildman–Crippen MR) is 79.8 cm³/mol. The highest BCUT2D eigenvalue weighted by molar-refractivity contribution is 6.09. The number of carbonyl (C=O) groups excluding carboxylic acids is 1. The van der Waals surface area contributed by atoms with Crippen molar-refractivity contribution in [1.29, 1.82) is 0 Å². The first-order chi connectivity index (χ1) is 9.72. The summed E-state index contributed by atoms with van der Waals surface area (Å²) in [6, 6.07) is 14.5. The number of azide groups is 1. The lowest BCUT2D eigenvalue weighted by atomic mass is 10.1. The van der Waals surface area contributed by atoms with E-state index in [1.54, 1.807) is 30.3 Å². The first-order valence-electron chi connectivity index (χ1n) is 6.14. The van der Waals surface area contributed by atoms with Crippen LogP contribution in [0.15, 0.2) is 59.7 Å². The molecule has 0 aliphatic rings. The average molecular weight is 263 g/mol. The van der Waals surface area contributed by atoms with Crippen molar-refractivity contribution in [2.45, 2.75) is 6.92 Å². The normalized spacial score (nSPS) is 10.2. The third-order valence-corrected chi connectivity index (χ3v) is 2.92. The second-order valence-electron chi connectivity index (χ2n) is 4.26. The number of carbonyl (C=O) groups is 1. The lowest BCUT2D eigenvalue weighted by Crippen LogP contribution is -1.94. The van der Waals surface area contributed by atoms with Gasteiger partial charge < -0.3 is 0 Å². The van der Waals surface area contributed by atoms with Gasteiger partial charge in [0.25, 0.3) is 0 Å². The lowest BCUT2D eigenvalue weighted by molar-refractivity contribution is 0.104. The van der Waals surface area contributed by atoms with E-state index < -0.39 is 0 Å². The van der Waals surface area contributed by atoms with Crippen molar-refractivity contribution in [3.8, 4) is 0 Å². The Bertz CT molecular complexity index is 713. The Morgan fingerprint density at radius 2 is 1.85 bits per heavy atom. The van der Waals surface area contributed by atoms with Crippen molar-refractivity contribution in [2.24, 2.45) is 5.11 Å². The van der Waals surface area contributed by atoms with Crippen LogP contribution in [0.3, 0.4) is 0 Å². The Morgan fingerprint density at radius 1 is 1.15 bits per heavy atom. The molecule has 20 heavy (non-hydrogen) atoms. The molecule has 0 aromatic heterocycles. The van der Waals surface area contributed by atoms with Crippen LogP contribution in [0, 0.1) is 6.92 Å². The predicted octanol–water partition coefficient (Wildman–Crippen LogP) is 4.83. The fraction of sp³-hybridized carbons (Fsp3) is 0.0625. The highest BCUT2D eigenvalue weighted by atomic mass is 16.1. The van der Waals surface area contributed by atoms with Gasteiger partial charge in [-0.2, -0.15) is 0 Å². The molecule has 0 fully saturated rings. The molecule has 2 rings (SSSR count). The van der Waals surface area contributed by atoms with Crippen LogP contribution in [-0.2, 0) is 0 Å². The summed E-state index contributed by atoms with van der Waals surface area (Å²) in [6.45, 7) is 1.98. The summed E-state index contributed by atoms with van der Waals surface area (Å²) in [6.07, 6.45) is 3.26. The van der Waals surface area contributed by atoms with Crippen molar-refractivity contribution >= 4 is 17.5 Å². The Balaban J connectivity index is 2.29. The van der Waals surface area contributed by atoms with Crippen LogP contribution >= 0.6 is 0 Å². The number of benzene rings is 2. The van der Waals surface area contributed by atoms with Crippen molar-refractivity contribution < 1.29 is 4.79 Å². The van der Waals surface area contributed by atoms with Crippen LogP contribution in [0.1, 0.15) is 21.5 Å². The van der Waals surface area contributed by atoms with Gasteiger partial charge in [0.05, 0.1) is 0 Å². The van der Waals surface area contributed by atoms with Gasteiger partial charge in [-0.1, -0.05) is 59.7 Å². The third-order valence-electron chi connectivity index (χ3n) is 2.92. The molecule has 0 atom stereocenters. The van der Waals surface area contributed by atoms with Gasteiger partial charge in [0.1, 0.15) is 0 Å². The number of rotatable bonds is 4. The molecular weight excluding hydrogens is 250 g/mol. The quantitative estimate of drug-likeness (QED) is 0.256. The van der Waals surface area contributed by atoms with Crippen molar-refractivity contribution in [1.82, 2.24) is 0 Å². The molecule has 0 saturated carbocycles. The van der Waals surface area contributed by atoms with Crippen molar-refractivity contribution in [2.75, 3.05) is 0 Å². The van der Waals surface area contributed by atoms with E-state index in [0.29, 0.717) is 11.3 Å². The lowest BCUT2D eigenvalue weighted by Gasteiger charge is -2.01. The number of allylic oxidation sites excluding steroid dienone is 1. The van der Waals surface area contributed by atoms with E-state index in [1.165, 1.54) is 6.08 Å². The highest BCUT2D eigenvalue weighted by Gasteiger charge is 2.06. The van der Waals surface area contributed by atoms with Gasteiger partial charge in [-0.25, -0.2) is 0 Å². The summed E-state index contributed by atoms with van der Waals surface area (Å²) in [5.74, 6) is -0.184. The molecule has 2 aromatic rings. The van der Waals surface area contributed by atoms with Crippen LogP contribution in [0.25, 0.3) is 16.5 Å². The van der Waals surface area contributed by atoms with E-state index in [-0.39, 0.29) is 5.78 Å². The van der Waals surface area contributed by atoms with E-state index in [4.69, 9.17) is 5.53 Å². The molecule has 4 nitrogen and oxygen atoms in total. The molecule has 0 radical (unpaired) electrons. The van der Waals surface area contributed by atoms with Gasteiger partial charge in [-0.3, -0.25) is 4.79 Å². The van der Waals surface area contributed by atoms with Crippen LogP contribution in [0.4, 0.5) is 5.69 Å². The van der Waals surface area contributed by atoms with Gasteiger partial charge in [-0.05, 0) is 29.7 Å². The minimum atomic E-state index is -0.184. The molecule has 0 heterocycles. The Kier molecular flexibility index (Phi) is 4.32. The first kappa shape index (κ1) is 13.6. The maximum Gasteiger partial charge on any atom is 0.186 e. The van der Waals surface area contributed by atoms with Gasteiger partial charge in [0, 0.05) is 16.2 Å². The van der Waals surface area contributed by atoms with E-state index in [0.717, 1.165) is 11.1 Å². The maximum absolute atomic E-state index is 12.2. The molecule has 0 bridgehead atoms. The molecule has 0 spiro atoms. The van der Waals surface area contributed by atoms with Crippen LogP contribution in [0.2, 0.25) is 0 Å². The third kappa shape index (κ3) is 3.13. The number of nitrogens with zero attached hydrogens (tertiary/aromatic N) is 3. The summed E-state index contributed by atoms with van der Waals surface area (Å²) in [5, 5.41) is 3.53. The summed E-state index contributed by atoms with van der Waals surface area (Å²) in [4.78, 5) is 14.9. The van der Waals surface area contributed by atoms with E-state index >= 15 is 0 Å². The van der Waals surface area contributed by atoms with Crippen molar-refractivity contribution in [3.63, 3.8) is 0 Å². The molecular formula is C16H13N3O. The molecule has 2 aromatic carbocycles. The van der Waals surface area contributed by atoms with E-state index in [1.807, 2.05) is 31.2 Å². The number of hydrogen-bond acceptors (Lipinski definition) is 2. The van der Waals surface area contributed by atoms with Gasteiger partial charge in [0.2, 0.25) is 0 Å². The zero-order chi connectivity index (χ0) is 14.4. The van der Waals surface area contributed by atoms with Crippen LogP contribution in [0.5, 0.6) is 0 Å². The van der Waals surface area contributed by atoms with Crippen LogP contribution in [-0.4, -0.2) is 5.78 Å². The molecule has 0 saturated heterocycles. The number of hydrogen-bond donors (Lipinski definition) is 0. The topological polar surface area (TPSA) is 65.8 Å². The standard InChI is InChI=1S/C16H13N3O/c1-12-6-2-3-7-13(12)10-11-16(20)14-8-4-5-9-15(14)18-19-17/h2-11H,1H3/b11-10+. The average Bonchev–Trinajstić information content (AvgIpc) is 2.47. The Hall–Kier alpha value is -2.84. The summed E-state index contributed by atoms with van der Waals surface area (Å²) in [5.41, 5.74) is 11.3. The van der Waals surface area contributed by atoms with E-state index in [2.05, 4.69) is 10.0 Å². The molecule has 0 aliphatic carbocycles. The van der Waals surface area contributed by atoms with Gasteiger partial charge in [-0.15, -0.1) is 0 Å². The van der Waals surface area contributed by atoms with Crippen LogP contribution < -0.4 is 0 Å². The van der Waals surface area contributed by atoms with Gasteiger partial charge in [0.15, 0.2) is 5.78 Å². The van der Waals surface area contributed by atoms with Crippen molar-refractivity contribution in [3.05, 3.63) is 81.7 Å². The summed E-state index contributed by atoms with van der Waals surface area (Å²) in [7, 11) is 0. The van der Waals surface area contributed by atoms with E-state index in [9.17, 15) is 4.79 Å². The molecule has 0 aliphatic heterocycles. The second-order valence-corrected chi connectivity index (χ2v) is 4.26. The fourth-order valence-corrected chi connectivity index (χ4v) is 1.85. The number of ketones is 1. The summed E-state index contributed by atoms with van der Waals surface area (Å²) < 4.78 is 0. The zero-order valence-corrected chi connectivity index (χ0v) is 11.0. The molecule has 0 N–H and O–H groups in total. The smallest absolute Gasteiger partial charge is 0.186 e. The fourth-order valence-electron chi connectivity index (χ4n) is 1.85. The Morgan fingerprint density at radius 3 is 2.60 bits per heavy atom. The zero-order valence-electron chi connectivity index (χ0n) is 11.0. The second kappa shape index (κ2) is 6.36. The molecule has 0 amide bonds. The van der Waals surface area contributed by atoms with Gasteiger partial charge >= 0.3 is 0 Å². The highest BCUT2D eigenvalue weighted by Crippen LogP contribution is 2.20. The minimum absolute atomic E-state index is 0.184. The number of aryl methyl sites for hydroxylation is 1. The Labute approximate surface area is 117 Å². The molecule has 0 unspecified atom stereocenters. The monoisotopic (exact) mass is 263 g/mol. The SMILES string of the molecule is Cc1ccccc1/C=C/C(=O)c1ccccc1N=[N+]=[N-]. The molecule has 4 heteroatoms. The summed E-state index contributed by atoms with van der Waals surface area (Å²) >= 11 is 0. The first-order valence-corrected chi connectivity index (χ1v) is 6.14. The minimum Gasteiger partial charge on any atom is -0.289 e.